The Kier molecular flexibility index (Phi) is 3.96. The summed E-state index contributed by atoms with van der Waals surface area (Å²) in [5.41, 5.74) is -0.249. The summed E-state index contributed by atoms with van der Waals surface area (Å²) in [4.78, 5) is 7.66. The van der Waals surface area contributed by atoms with Gasteiger partial charge in [0.2, 0.25) is 5.28 Å². The van der Waals surface area contributed by atoms with E-state index < -0.39 is 11.7 Å². The number of alkyl halides is 3. The van der Waals surface area contributed by atoms with Crippen LogP contribution in [0.4, 0.5) is 24.7 Å². The molecule has 0 unspecified atom stereocenters. The Morgan fingerprint density at radius 3 is 2.37 bits per heavy atom. The molecule has 100 valence electrons. The van der Waals surface area contributed by atoms with Crippen molar-refractivity contribution in [2.45, 2.75) is 6.18 Å². The van der Waals surface area contributed by atoms with E-state index in [1.165, 1.54) is 18.3 Å². The molecule has 0 spiro atoms. The van der Waals surface area contributed by atoms with Crippen LogP contribution in [0.1, 0.15) is 5.56 Å². The van der Waals surface area contributed by atoms with Crippen molar-refractivity contribution in [1.82, 2.24) is 9.97 Å². The Morgan fingerprint density at radius 2 is 1.79 bits per heavy atom. The van der Waals surface area contributed by atoms with Crippen molar-refractivity contribution in [3.8, 4) is 0 Å². The second-order valence-electron chi connectivity index (χ2n) is 3.54. The zero-order chi connectivity index (χ0) is 14.0. The summed E-state index contributed by atoms with van der Waals surface area (Å²) in [6.07, 6.45) is -2.90. The smallest absolute Gasteiger partial charge is 0.339 e. The number of hydrogen-bond donors (Lipinski definition) is 1. The highest BCUT2D eigenvalue weighted by molar-refractivity contribution is 9.10. The number of hydrogen-bond acceptors (Lipinski definition) is 3. The maximum Gasteiger partial charge on any atom is 0.416 e. The molecule has 0 aliphatic carbocycles. The fraction of sp³-hybridized carbons (Fsp3) is 0.0909. The summed E-state index contributed by atoms with van der Waals surface area (Å²) in [6, 6.07) is 4.59. The zero-order valence-electron chi connectivity index (χ0n) is 9.17. The molecule has 19 heavy (non-hydrogen) atoms. The maximum absolute atomic E-state index is 12.4. The fourth-order valence-electron chi connectivity index (χ4n) is 1.31. The summed E-state index contributed by atoms with van der Waals surface area (Å²) >= 11 is 8.84. The second-order valence-corrected chi connectivity index (χ2v) is 4.73. The molecule has 0 bridgehead atoms. The van der Waals surface area contributed by atoms with E-state index in [4.69, 9.17) is 11.6 Å². The van der Waals surface area contributed by atoms with Crippen molar-refractivity contribution in [2.75, 3.05) is 5.32 Å². The van der Waals surface area contributed by atoms with Crippen LogP contribution in [0.5, 0.6) is 0 Å². The van der Waals surface area contributed by atoms with Gasteiger partial charge in [-0.25, -0.2) is 4.98 Å². The average Bonchev–Trinajstić information content (AvgIpc) is 2.33. The molecular formula is C11H6BrClF3N3. The molecule has 3 nitrogen and oxygen atoms in total. The van der Waals surface area contributed by atoms with Gasteiger partial charge in [0.05, 0.1) is 10.0 Å². The second kappa shape index (κ2) is 5.34. The third-order valence-electron chi connectivity index (χ3n) is 2.19. The van der Waals surface area contributed by atoms with Crippen molar-refractivity contribution < 1.29 is 13.2 Å². The minimum absolute atomic E-state index is 0.0395. The zero-order valence-corrected chi connectivity index (χ0v) is 11.5. The predicted octanol–water partition coefficient (Wildman–Crippen LogP) is 4.65. The lowest BCUT2D eigenvalue weighted by atomic mass is 10.2. The quantitative estimate of drug-likeness (QED) is 0.799. The number of nitrogens with zero attached hydrogens (tertiary/aromatic N) is 2. The lowest BCUT2D eigenvalue weighted by Crippen LogP contribution is -2.04. The first-order chi connectivity index (χ1) is 8.86. The standard InChI is InChI=1S/C11H6BrClF3N3/c12-8-5-17-10(13)19-9(8)18-7-3-1-6(2-4-7)11(14,15)16/h1-5H,(H,17,18,19). The molecule has 0 saturated carbocycles. The third-order valence-corrected chi connectivity index (χ3v) is 2.95. The van der Waals surface area contributed by atoms with E-state index in [1.807, 2.05) is 0 Å². The summed E-state index contributed by atoms with van der Waals surface area (Å²) in [6.45, 7) is 0. The number of rotatable bonds is 2. The summed E-state index contributed by atoms with van der Waals surface area (Å²) in [5.74, 6) is 0.375. The first-order valence-corrected chi connectivity index (χ1v) is 6.15. The summed E-state index contributed by atoms with van der Waals surface area (Å²) in [7, 11) is 0. The molecule has 0 saturated heterocycles. The van der Waals surface area contributed by atoms with Crippen LogP contribution in [-0.2, 0) is 6.18 Å². The van der Waals surface area contributed by atoms with Crippen LogP contribution in [0.15, 0.2) is 34.9 Å². The Balaban J connectivity index is 2.22. The van der Waals surface area contributed by atoms with Gasteiger partial charge in [-0.2, -0.15) is 18.2 Å². The van der Waals surface area contributed by atoms with Crippen LogP contribution < -0.4 is 5.32 Å². The molecule has 0 aliphatic rings. The van der Waals surface area contributed by atoms with Crippen molar-refractivity contribution >= 4 is 39.0 Å². The highest BCUT2D eigenvalue weighted by atomic mass is 79.9. The van der Waals surface area contributed by atoms with Gasteiger partial charge in [-0.3, -0.25) is 0 Å². The van der Waals surface area contributed by atoms with Gasteiger partial charge in [0, 0.05) is 11.9 Å². The van der Waals surface area contributed by atoms with Crippen LogP contribution in [0, 0.1) is 0 Å². The monoisotopic (exact) mass is 351 g/mol. The molecule has 1 N–H and O–H groups in total. The van der Waals surface area contributed by atoms with Gasteiger partial charge in [0.25, 0.3) is 0 Å². The van der Waals surface area contributed by atoms with Crippen LogP contribution in [0.25, 0.3) is 0 Å². The molecule has 0 aliphatic heterocycles. The van der Waals surface area contributed by atoms with E-state index in [-0.39, 0.29) is 5.28 Å². The van der Waals surface area contributed by atoms with Gasteiger partial charge in [-0.05, 0) is 51.8 Å². The predicted molar refractivity (Wildman–Crippen MR) is 69.5 cm³/mol. The molecular weight excluding hydrogens is 346 g/mol. The van der Waals surface area contributed by atoms with Crippen LogP contribution in [-0.4, -0.2) is 9.97 Å². The molecule has 2 aromatic rings. The van der Waals surface area contributed by atoms with E-state index >= 15 is 0 Å². The van der Waals surface area contributed by atoms with E-state index in [2.05, 4.69) is 31.2 Å². The minimum Gasteiger partial charge on any atom is -0.339 e. The lowest BCUT2D eigenvalue weighted by Gasteiger charge is -2.10. The van der Waals surface area contributed by atoms with Gasteiger partial charge in [-0.1, -0.05) is 0 Å². The van der Waals surface area contributed by atoms with Crippen molar-refractivity contribution in [1.29, 1.82) is 0 Å². The Hall–Kier alpha value is -1.34. The van der Waals surface area contributed by atoms with Gasteiger partial charge >= 0.3 is 6.18 Å². The third kappa shape index (κ3) is 3.57. The van der Waals surface area contributed by atoms with Gasteiger partial charge in [0.1, 0.15) is 5.82 Å². The lowest BCUT2D eigenvalue weighted by molar-refractivity contribution is -0.137. The van der Waals surface area contributed by atoms with E-state index in [0.29, 0.717) is 16.0 Å². The molecule has 1 aromatic carbocycles. The molecule has 0 radical (unpaired) electrons. The van der Waals surface area contributed by atoms with Gasteiger partial charge < -0.3 is 5.32 Å². The maximum atomic E-state index is 12.4. The summed E-state index contributed by atoms with van der Waals surface area (Å²) in [5, 5.41) is 2.88. The molecule has 8 heteroatoms. The number of nitrogens with one attached hydrogen (secondary N) is 1. The Morgan fingerprint density at radius 1 is 1.16 bits per heavy atom. The van der Waals surface area contributed by atoms with Crippen molar-refractivity contribution in [2.24, 2.45) is 0 Å². The highest BCUT2D eigenvalue weighted by Crippen LogP contribution is 2.31. The first kappa shape index (κ1) is 14.1. The Labute approximate surface area is 120 Å². The van der Waals surface area contributed by atoms with E-state index in [0.717, 1.165) is 12.1 Å². The first-order valence-electron chi connectivity index (χ1n) is 4.98. The van der Waals surface area contributed by atoms with E-state index in [9.17, 15) is 13.2 Å². The van der Waals surface area contributed by atoms with Crippen LogP contribution in [0.3, 0.4) is 0 Å². The molecule has 1 heterocycles. The number of halogens is 5. The van der Waals surface area contributed by atoms with E-state index in [1.54, 1.807) is 0 Å². The topological polar surface area (TPSA) is 37.8 Å². The molecule has 0 fully saturated rings. The Bertz CT molecular complexity index is 587. The number of aromatic nitrogens is 2. The molecule has 0 amide bonds. The van der Waals surface area contributed by atoms with Crippen molar-refractivity contribution in [3.05, 3.63) is 45.8 Å². The molecule has 1 aromatic heterocycles. The van der Waals surface area contributed by atoms with Crippen LogP contribution >= 0.6 is 27.5 Å². The molecule has 2 rings (SSSR count). The number of benzene rings is 1. The minimum atomic E-state index is -4.35. The number of anilines is 2. The van der Waals surface area contributed by atoms with Crippen LogP contribution in [0.2, 0.25) is 5.28 Å². The summed E-state index contributed by atoms with van der Waals surface area (Å²) < 4.78 is 37.7. The van der Waals surface area contributed by atoms with Gasteiger partial charge in [-0.15, -0.1) is 0 Å². The fourth-order valence-corrected chi connectivity index (χ4v) is 1.74. The van der Waals surface area contributed by atoms with Crippen molar-refractivity contribution in [3.63, 3.8) is 0 Å². The highest BCUT2D eigenvalue weighted by Gasteiger charge is 2.29. The normalized spacial score (nSPS) is 11.4. The SMILES string of the molecule is FC(F)(F)c1ccc(Nc2nc(Cl)ncc2Br)cc1. The average molecular weight is 353 g/mol. The van der Waals surface area contributed by atoms with Gasteiger partial charge in [0.15, 0.2) is 0 Å². The largest absolute Gasteiger partial charge is 0.416 e. The molecule has 0 atom stereocenters.